The fraction of sp³-hybridized carbons (Fsp3) is 0.0233. The molecular formula is C43H27N3O2. The van der Waals surface area contributed by atoms with Crippen molar-refractivity contribution in [3.05, 3.63) is 168 Å². The zero-order valence-corrected chi connectivity index (χ0v) is 25.7. The van der Waals surface area contributed by atoms with Gasteiger partial charge in [-0.2, -0.15) is 0 Å². The van der Waals surface area contributed by atoms with Crippen LogP contribution >= 0.6 is 0 Å². The van der Waals surface area contributed by atoms with Crippen molar-refractivity contribution in [3.63, 3.8) is 0 Å². The van der Waals surface area contributed by atoms with Gasteiger partial charge in [0.1, 0.15) is 34.0 Å². The summed E-state index contributed by atoms with van der Waals surface area (Å²) in [5, 5.41) is 10.1. The number of furan rings is 2. The maximum atomic E-state index is 6.41. The van der Waals surface area contributed by atoms with E-state index >= 15 is 0 Å². The van der Waals surface area contributed by atoms with E-state index < -0.39 is 6.17 Å². The van der Waals surface area contributed by atoms with Crippen LogP contribution in [0.2, 0.25) is 0 Å². The number of hydrogen-bond donors (Lipinski definition) is 1. The van der Waals surface area contributed by atoms with Gasteiger partial charge in [-0.05, 0) is 58.3 Å². The summed E-state index contributed by atoms with van der Waals surface area (Å²) in [6, 6.07) is 52.2. The molecule has 0 radical (unpaired) electrons. The molecule has 48 heavy (non-hydrogen) atoms. The Labute approximate surface area is 275 Å². The van der Waals surface area contributed by atoms with Gasteiger partial charge in [0.25, 0.3) is 0 Å². The minimum atomic E-state index is -0.522. The average Bonchev–Trinajstić information content (AvgIpc) is 3.72. The van der Waals surface area contributed by atoms with E-state index in [1.165, 1.54) is 0 Å². The number of para-hydroxylation sites is 1. The van der Waals surface area contributed by atoms with Crippen LogP contribution in [0.3, 0.4) is 0 Å². The normalized spacial score (nSPS) is 14.9. The monoisotopic (exact) mass is 617 g/mol. The number of benzene rings is 7. The second-order valence-electron chi connectivity index (χ2n) is 12.2. The van der Waals surface area contributed by atoms with Crippen molar-refractivity contribution in [2.24, 2.45) is 9.98 Å². The molecule has 3 heterocycles. The van der Waals surface area contributed by atoms with Crippen molar-refractivity contribution in [1.82, 2.24) is 5.32 Å². The van der Waals surface area contributed by atoms with Gasteiger partial charge in [0, 0.05) is 38.2 Å². The maximum absolute atomic E-state index is 6.41. The summed E-state index contributed by atoms with van der Waals surface area (Å²) in [4.78, 5) is 10.6. The second-order valence-corrected chi connectivity index (χ2v) is 12.2. The summed E-state index contributed by atoms with van der Waals surface area (Å²) in [6.45, 7) is 0. The Morgan fingerprint density at radius 2 is 1.12 bits per heavy atom. The molecule has 0 spiro atoms. The van der Waals surface area contributed by atoms with E-state index in [1.807, 2.05) is 36.4 Å². The first kappa shape index (κ1) is 26.7. The van der Waals surface area contributed by atoms with Gasteiger partial charge in [-0.15, -0.1) is 0 Å². The van der Waals surface area contributed by atoms with Gasteiger partial charge in [-0.3, -0.25) is 0 Å². The van der Waals surface area contributed by atoms with E-state index in [-0.39, 0.29) is 0 Å². The Bertz CT molecular complexity index is 2760. The highest BCUT2D eigenvalue weighted by atomic mass is 16.3. The molecule has 0 aliphatic carbocycles. The Kier molecular flexibility index (Phi) is 5.87. The molecule has 1 N–H and O–H groups in total. The highest BCUT2D eigenvalue weighted by molar-refractivity contribution is 6.21. The Morgan fingerprint density at radius 3 is 2.06 bits per heavy atom. The van der Waals surface area contributed by atoms with E-state index in [0.717, 1.165) is 94.1 Å². The van der Waals surface area contributed by atoms with E-state index in [9.17, 15) is 0 Å². The van der Waals surface area contributed by atoms with E-state index in [1.54, 1.807) is 0 Å². The summed E-state index contributed by atoms with van der Waals surface area (Å²) in [5.41, 5.74) is 8.56. The smallest absolute Gasteiger partial charge is 0.170 e. The third-order valence-electron chi connectivity index (χ3n) is 9.35. The fourth-order valence-electron chi connectivity index (χ4n) is 7.06. The topological polar surface area (TPSA) is 63.0 Å². The summed E-state index contributed by atoms with van der Waals surface area (Å²) in [5.74, 6) is 1.50. The van der Waals surface area contributed by atoms with Gasteiger partial charge in [0.15, 0.2) is 6.17 Å². The number of hydrogen-bond acceptors (Lipinski definition) is 5. The van der Waals surface area contributed by atoms with Crippen molar-refractivity contribution in [1.29, 1.82) is 0 Å². The van der Waals surface area contributed by atoms with Gasteiger partial charge in [-0.25, -0.2) is 9.98 Å². The van der Waals surface area contributed by atoms with E-state index in [4.69, 9.17) is 18.8 Å². The number of aliphatic imine (C=N–C) groups is 2. The van der Waals surface area contributed by atoms with Crippen LogP contribution in [0.1, 0.15) is 22.9 Å². The van der Waals surface area contributed by atoms with Crippen LogP contribution < -0.4 is 5.32 Å². The highest BCUT2D eigenvalue weighted by Crippen LogP contribution is 2.39. The largest absolute Gasteiger partial charge is 0.456 e. The predicted octanol–water partition coefficient (Wildman–Crippen LogP) is 10.8. The summed E-state index contributed by atoms with van der Waals surface area (Å²) in [7, 11) is 0. The van der Waals surface area contributed by atoms with Crippen molar-refractivity contribution < 1.29 is 8.83 Å². The number of rotatable bonds is 4. The first-order chi connectivity index (χ1) is 23.8. The number of fused-ring (bicyclic) bond motifs is 7. The molecular weight excluding hydrogens is 590 g/mol. The lowest BCUT2D eigenvalue weighted by atomic mass is 9.99. The molecule has 1 atom stereocenters. The van der Waals surface area contributed by atoms with Gasteiger partial charge in [-0.1, -0.05) is 115 Å². The zero-order chi connectivity index (χ0) is 31.6. The van der Waals surface area contributed by atoms with Crippen molar-refractivity contribution >= 4 is 66.3 Å². The molecule has 226 valence electrons. The lowest BCUT2D eigenvalue weighted by molar-refractivity contribution is 0.667. The van der Waals surface area contributed by atoms with Crippen molar-refractivity contribution in [2.45, 2.75) is 6.17 Å². The fourth-order valence-corrected chi connectivity index (χ4v) is 7.06. The second kappa shape index (κ2) is 10.5. The molecule has 9 aromatic rings. The van der Waals surface area contributed by atoms with E-state index in [2.05, 4.69) is 121 Å². The third kappa shape index (κ3) is 4.25. The first-order valence-electron chi connectivity index (χ1n) is 16.1. The molecule has 0 saturated heterocycles. The molecule has 0 saturated carbocycles. The van der Waals surface area contributed by atoms with Crippen LogP contribution in [0.5, 0.6) is 0 Å². The Hall–Kier alpha value is -6.46. The number of amidine groups is 2. The van der Waals surface area contributed by atoms with Crippen LogP contribution in [0.4, 0.5) is 0 Å². The molecule has 7 aromatic carbocycles. The summed E-state index contributed by atoms with van der Waals surface area (Å²) >= 11 is 0. The molecule has 5 heteroatoms. The Morgan fingerprint density at radius 1 is 0.438 bits per heavy atom. The van der Waals surface area contributed by atoms with Crippen molar-refractivity contribution in [3.8, 4) is 11.1 Å². The minimum Gasteiger partial charge on any atom is -0.456 e. The van der Waals surface area contributed by atoms with Crippen molar-refractivity contribution in [2.75, 3.05) is 0 Å². The minimum absolute atomic E-state index is 0.522. The third-order valence-corrected chi connectivity index (χ3v) is 9.35. The Balaban J connectivity index is 1.19. The number of nitrogens with one attached hydrogen (secondary N) is 1. The molecule has 5 nitrogen and oxygen atoms in total. The van der Waals surface area contributed by atoms with Crippen LogP contribution in [0.25, 0.3) is 65.8 Å². The molecule has 0 bridgehead atoms. The van der Waals surface area contributed by atoms with Crippen LogP contribution in [0, 0.1) is 0 Å². The standard InChI is InChI=1S/C43H27N3O2/c1-2-10-26(11-3-1)28-21-23-37-35(24-28)40-34(17-9-19-38(40)47-37)43-45-41(29-20-22-32-31-15-6-7-18-36(31)48-39(32)25-29)44-42(46-43)33-16-8-13-27-12-4-5-14-30(27)33/h1-25,43H,(H,44,45,46). The predicted molar refractivity (Wildman–Crippen MR) is 196 cm³/mol. The maximum Gasteiger partial charge on any atom is 0.170 e. The summed E-state index contributed by atoms with van der Waals surface area (Å²) < 4.78 is 12.7. The summed E-state index contributed by atoms with van der Waals surface area (Å²) in [6.07, 6.45) is -0.522. The molecule has 0 fully saturated rings. The molecule has 10 rings (SSSR count). The van der Waals surface area contributed by atoms with Crippen LogP contribution in [-0.4, -0.2) is 11.7 Å². The van der Waals surface area contributed by atoms with Crippen LogP contribution in [0.15, 0.2) is 170 Å². The zero-order valence-electron chi connectivity index (χ0n) is 25.7. The molecule has 1 aliphatic rings. The highest BCUT2D eigenvalue weighted by Gasteiger charge is 2.25. The van der Waals surface area contributed by atoms with Gasteiger partial charge >= 0.3 is 0 Å². The van der Waals surface area contributed by atoms with E-state index in [0.29, 0.717) is 0 Å². The molecule has 0 amide bonds. The average molecular weight is 618 g/mol. The van der Waals surface area contributed by atoms with Gasteiger partial charge in [0.2, 0.25) is 0 Å². The lowest BCUT2D eigenvalue weighted by Crippen LogP contribution is -2.36. The molecule has 1 unspecified atom stereocenters. The number of nitrogens with zero attached hydrogens (tertiary/aromatic N) is 2. The van der Waals surface area contributed by atoms with Gasteiger partial charge < -0.3 is 14.2 Å². The molecule has 1 aliphatic heterocycles. The van der Waals surface area contributed by atoms with Crippen LogP contribution in [-0.2, 0) is 0 Å². The van der Waals surface area contributed by atoms with Gasteiger partial charge in [0.05, 0.1) is 0 Å². The molecule has 2 aromatic heterocycles. The first-order valence-corrected chi connectivity index (χ1v) is 16.1. The lowest BCUT2D eigenvalue weighted by Gasteiger charge is -2.23. The quantitative estimate of drug-likeness (QED) is 0.214. The SMILES string of the molecule is c1ccc(-c2ccc3oc4cccc(C5N=C(c6ccc7c(c6)oc6ccccc67)NC(c6cccc7ccccc67)=N5)c4c3c2)cc1.